The number of alkyl halides is 3. The lowest BCUT2D eigenvalue weighted by atomic mass is 9.91. The van der Waals surface area contributed by atoms with Crippen molar-refractivity contribution in [1.29, 1.82) is 0 Å². The van der Waals surface area contributed by atoms with Gasteiger partial charge in [-0.1, -0.05) is 54.4 Å². The van der Waals surface area contributed by atoms with E-state index in [1.165, 1.54) is 38.5 Å². The van der Waals surface area contributed by atoms with E-state index in [9.17, 15) is 13.2 Å². The first-order valence-electron chi connectivity index (χ1n) is 10.6. The highest BCUT2D eigenvalue weighted by molar-refractivity contribution is 4.73. The van der Waals surface area contributed by atoms with Crippen LogP contribution in [0.3, 0.4) is 0 Å². The Morgan fingerprint density at radius 2 is 1.15 bits per heavy atom. The molecule has 26 heavy (non-hydrogen) atoms. The van der Waals surface area contributed by atoms with Gasteiger partial charge >= 0.3 is 6.18 Å². The fraction of sp³-hybridized carbons (Fsp3) is 1.00. The van der Waals surface area contributed by atoms with Crippen molar-refractivity contribution >= 4 is 0 Å². The average Bonchev–Trinajstić information content (AvgIpc) is 3.29. The molecule has 0 spiro atoms. The third kappa shape index (κ3) is 20.1. The lowest BCUT2D eigenvalue weighted by Gasteiger charge is -2.23. The van der Waals surface area contributed by atoms with Crippen LogP contribution in [0.5, 0.6) is 0 Å². The Morgan fingerprint density at radius 3 is 1.42 bits per heavy atom. The summed E-state index contributed by atoms with van der Waals surface area (Å²) in [5.74, 6) is 4.02. The average molecular weight is 381 g/mol. The smallest absolute Gasteiger partial charge is 0.381 e. The van der Waals surface area contributed by atoms with E-state index in [2.05, 4.69) is 27.7 Å². The number of hydrogen-bond donors (Lipinski definition) is 0. The Bertz CT molecular complexity index is 314. The van der Waals surface area contributed by atoms with Crippen LogP contribution in [0.15, 0.2) is 0 Å². The molecule has 2 aliphatic rings. The van der Waals surface area contributed by atoms with E-state index in [0.717, 1.165) is 36.9 Å². The number of hydrogen-bond acceptors (Lipinski definition) is 1. The molecule has 1 saturated heterocycles. The molecule has 1 aliphatic heterocycles. The topological polar surface area (TPSA) is 9.23 Å². The summed E-state index contributed by atoms with van der Waals surface area (Å²) in [6.45, 7) is 14.8. The maximum absolute atomic E-state index is 11.4. The summed E-state index contributed by atoms with van der Waals surface area (Å²) in [6, 6.07) is 0. The third-order valence-electron chi connectivity index (χ3n) is 4.65. The number of halogens is 3. The second-order valence-corrected chi connectivity index (χ2v) is 9.31. The van der Waals surface area contributed by atoms with E-state index in [1.54, 1.807) is 13.8 Å². The fourth-order valence-electron chi connectivity index (χ4n) is 3.12. The minimum absolute atomic E-state index is 0.145. The van der Waals surface area contributed by atoms with Crippen molar-refractivity contribution in [2.24, 2.45) is 29.6 Å². The van der Waals surface area contributed by atoms with E-state index in [1.807, 2.05) is 0 Å². The first kappa shape index (κ1) is 25.8. The van der Waals surface area contributed by atoms with Crippen molar-refractivity contribution in [2.45, 2.75) is 99.1 Å². The van der Waals surface area contributed by atoms with Crippen molar-refractivity contribution in [1.82, 2.24) is 0 Å². The van der Waals surface area contributed by atoms with Crippen LogP contribution in [0.4, 0.5) is 13.2 Å². The summed E-state index contributed by atoms with van der Waals surface area (Å²) < 4.78 is 39.5. The highest BCUT2D eigenvalue weighted by Gasteiger charge is 2.26. The Kier molecular flexibility index (Phi) is 13.7. The summed E-state index contributed by atoms with van der Waals surface area (Å²) in [5, 5.41) is 0. The van der Waals surface area contributed by atoms with Crippen LogP contribution in [0.25, 0.3) is 0 Å². The molecule has 1 aliphatic carbocycles. The Hall–Kier alpha value is -0.250. The van der Waals surface area contributed by atoms with Gasteiger partial charge in [-0.15, -0.1) is 0 Å². The van der Waals surface area contributed by atoms with Crippen LogP contribution in [0, 0.1) is 29.6 Å². The zero-order valence-electron chi connectivity index (χ0n) is 18.0. The van der Waals surface area contributed by atoms with Gasteiger partial charge in [-0.3, -0.25) is 0 Å². The van der Waals surface area contributed by atoms with Gasteiger partial charge < -0.3 is 4.74 Å². The quantitative estimate of drug-likeness (QED) is 0.455. The predicted octanol–water partition coefficient (Wildman–Crippen LogP) is 7.89. The maximum Gasteiger partial charge on any atom is 0.389 e. The summed E-state index contributed by atoms with van der Waals surface area (Å²) in [4.78, 5) is 0. The predicted molar refractivity (Wildman–Crippen MR) is 105 cm³/mol. The maximum atomic E-state index is 11.4. The molecular weight excluding hydrogens is 337 g/mol. The number of ether oxygens (including phenoxy) is 1. The largest absolute Gasteiger partial charge is 0.389 e. The molecule has 0 amide bonds. The molecule has 2 rings (SSSR count). The van der Waals surface area contributed by atoms with Crippen LogP contribution >= 0.6 is 0 Å². The molecular formula is C22H43F3O. The van der Waals surface area contributed by atoms with Gasteiger partial charge in [0.25, 0.3) is 0 Å². The van der Waals surface area contributed by atoms with Crippen LogP contribution in [-0.4, -0.2) is 19.4 Å². The molecule has 2 fully saturated rings. The van der Waals surface area contributed by atoms with Gasteiger partial charge in [0.2, 0.25) is 0 Å². The summed E-state index contributed by atoms with van der Waals surface area (Å²) in [5.41, 5.74) is 0. The zero-order valence-corrected chi connectivity index (χ0v) is 18.0. The third-order valence-corrected chi connectivity index (χ3v) is 4.65. The van der Waals surface area contributed by atoms with Crippen LogP contribution < -0.4 is 0 Å². The van der Waals surface area contributed by atoms with Gasteiger partial charge in [-0.05, 0) is 61.7 Å². The molecule has 0 N–H and O–H groups in total. The van der Waals surface area contributed by atoms with Gasteiger partial charge in [0.05, 0.1) is 0 Å². The van der Waals surface area contributed by atoms with Crippen molar-refractivity contribution in [3.63, 3.8) is 0 Å². The Labute approximate surface area is 160 Å². The highest BCUT2D eigenvalue weighted by atomic mass is 19.4. The van der Waals surface area contributed by atoms with E-state index in [0.29, 0.717) is 0 Å². The normalized spacial score (nSPS) is 18.5. The second kappa shape index (κ2) is 13.8. The summed E-state index contributed by atoms with van der Waals surface area (Å²) >= 11 is 0. The van der Waals surface area contributed by atoms with Crippen molar-refractivity contribution in [2.75, 3.05) is 13.2 Å². The van der Waals surface area contributed by atoms with Crippen molar-refractivity contribution in [3.8, 4) is 0 Å². The lowest BCUT2D eigenvalue weighted by Crippen LogP contribution is -2.16. The molecule has 4 heteroatoms. The van der Waals surface area contributed by atoms with Gasteiger partial charge in [-0.25, -0.2) is 0 Å². The SMILES string of the molecule is CC(C)CC1CC1.CC(C)CC1CCOCC1.CC(C)CCC(F)(F)F. The first-order valence-corrected chi connectivity index (χ1v) is 10.6. The Balaban J connectivity index is 0.000000366. The van der Waals surface area contributed by atoms with Crippen LogP contribution in [0.1, 0.15) is 92.9 Å². The minimum Gasteiger partial charge on any atom is -0.381 e. The summed E-state index contributed by atoms with van der Waals surface area (Å²) in [6.07, 6.45) is 4.09. The molecule has 0 aromatic rings. The zero-order chi connectivity index (χ0) is 20.2. The molecule has 0 aromatic heterocycles. The van der Waals surface area contributed by atoms with Gasteiger partial charge in [0, 0.05) is 19.6 Å². The Morgan fingerprint density at radius 1 is 0.731 bits per heavy atom. The van der Waals surface area contributed by atoms with E-state index in [4.69, 9.17) is 4.74 Å². The molecule has 0 radical (unpaired) electrons. The second-order valence-electron chi connectivity index (χ2n) is 9.31. The summed E-state index contributed by atoms with van der Waals surface area (Å²) in [7, 11) is 0. The van der Waals surface area contributed by atoms with Gasteiger partial charge in [0.1, 0.15) is 0 Å². The lowest BCUT2D eigenvalue weighted by molar-refractivity contribution is -0.137. The van der Waals surface area contributed by atoms with Crippen LogP contribution in [-0.2, 0) is 4.74 Å². The van der Waals surface area contributed by atoms with E-state index >= 15 is 0 Å². The molecule has 1 nitrogen and oxygen atoms in total. The van der Waals surface area contributed by atoms with E-state index < -0.39 is 12.6 Å². The highest BCUT2D eigenvalue weighted by Crippen LogP contribution is 2.34. The molecule has 0 unspecified atom stereocenters. The molecule has 0 atom stereocenters. The van der Waals surface area contributed by atoms with Gasteiger partial charge in [-0.2, -0.15) is 13.2 Å². The molecule has 0 aromatic carbocycles. The monoisotopic (exact) mass is 380 g/mol. The van der Waals surface area contributed by atoms with Crippen LogP contribution in [0.2, 0.25) is 0 Å². The van der Waals surface area contributed by atoms with Crippen molar-refractivity contribution in [3.05, 3.63) is 0 Å². The number of rotatable bonds is 6. The molecule has 1 saturated carbocycles. The van der Waals surface area contributed by atoms with Crippen molar-refractivity contribution < 1.29 is 17.9 Å². The molecule has 0 bridgehead atoms. The minimum atomic E-state index is -3.97. The van der Waals surface area contributed by atoms with Gasteiger partial charge in [0.15, 0.2) is 0 Å². The first-order chi connectivity index (χ1) is 12.0. The van der Waals surface area contributed by atoms with E-state index in [-0.39, 0.29) is 12.3 Å². The molecule has 1 heterocycles. The standard InChI is InChI=1S/C9H18O.C7H14.C6H11F3/c1-8(2)7-9-3-5-10-6-4-9;1-6(2)5-7-3-4-7;1-5(2)3-4-6(7,8)9/h8-9H,3-7H2,1-2H3;6-7H,3-5H2,1-2H3;5H,3-4H2,1-2H3. The fourth-order valence-corrected chi connectivity index (χ4v) is 3.12. The molecule has 158 valence electrons.